The number of carbonyl (C=O) groups excluding carboxylic acids is 4. The molecular weight excluding hydrogens is 444 g/mol. The van der Waals surface area contributed by atoms with E-state index in [0.717, 1.165) is 12.8 Å². The molecule has 0 aromatic heterocycles. The Balaban J connectivity index is 1.90. The summed E-state index contributed by atoms with van der Waals surface area (Å²) in [5, 5.41) is 5.46. The molecular formula is C27H42N4O4. The van der Waals surface area contributed by atoms with Gasteiger partial charge in [-0.25, -0.2) is 0 Å². The summed E-state index contributed by atoms with van der Waals surface area (Å²) in [6, 6.07) is 4.33. The average molecular weight is 487 g/mol. The summed E-state index contributed by atoms with van der Waals surface area (Å²) in [6.45, 7) is 6.31. The first kappa shape index (κ1) is 28.5. The summed E-state index contributed by atoms with van der Waals surface area (Å²) in [7, 11) is 1.53. The number of amides is 3. The smallest absolute Gasteiger partial charge is 0.257 e. The molecule has 1 aromatic rings. The van der Waals surface area contributed by atoms with Gasteiger partial charge in [-0.2, -0.15) is 0 Å². The maximum atomic E-state index is 13.4. The Hall–Kier alpha value is -2.74. The van der Waals surface area contributed by atoms with Gasteiger partial charge in [0, 0.05) is 24.8 Å². The Bertz CT molecular complexity index is 823. The van der Waals surface area contributed by atoms with Gasteiger partial charge >= 0.3 is 0 Å². The number of aldehydes is 1. The third kappa shape index (κ3) is 9.09. The Labute approximate surface area is 209 Å². The first-order valence-electron chi connectivity index (χ1n) is 13.1. The molecule has 2 rings (SSSR count). The minimum Gasteiger partial charge on any atom is -0.384 e. The van der Waals surface area contributed by atoms with Crippen molar-refractivity contribution in [2.45, 2.75) is 77.2 Å². The lowest BCUT2D eigenvalue weighted by Gasteiger charge is -2.27. The number of piperidine rings is 1. The molecule has 194 valence electrons. The van der Waals surface area contributed by atoms with E-state index in [2.05, 4.69) is 15.5 Å². The quantitative estimate of drug-likeness (QED) is 0.272. The van der Waals surface area contributed by atoms with Crippen LogP contribution in [0.1, 0.15) is 91.8 Å². The molecule has 1 heterocycles. The summed E-state index contributed by atoms with van der Waals surface area (Å²) < 4.78 is 0. The average Bonchev–Trinajstić information content (AvgIpc) is 2.88. The summed E-state index contributed by atoms with van der Waals surface area (Å²) >= 11 is 0. The molecule has 1 aliphatic heterocycles. The summed E-state index contributed by atoms with van der Waals surface area (Å²) in [5.41, 5.74) is 1.12. The van der Waals surface area contributed by atoms with Gasteiger partial charge in [0.05, 0.1) is 5.56 Å². The van der Waals surface area contributed by atoms with Crippen molar-refractivity contribution in [3.8, 4) is 0 Å². The lowest BCUT2D eigenvalue weighted by Crippen LogP contribution is -2.47. The largest absolute Gasteiger partial charge is 0.384 e. The van der Waals surface area contributed by atoms with Crippen molar-refractivity contribution in [2.75, 3.05) is 38.5 Å². The van der Waals surface area contributed by atoms with Gasteiger partial charge in [-0.3, -0.25) is 24.5 Å². The summed E-state index contributed by atoms with van der Waals surface area (Å²) in [5.74, 6) is -0.955. The number of benzene rings is 1. The molecule has 0 bridgehead atoms. The van der Waals surface area contributed by atoms with E-state index in [1.54, 1.807) is 18.2 Å². The van der Waals surface area contributed by atoms with Crippen LogP contribution in [0.25, 0.3) is 0 Å². The molecule has 0 spiro atoms. The zero-order chi connectivity index (χ0) is 25.5. The lowest BCUT2D eigenvalue weighted by atomic mass is 10.0. The number of nitrogens with one attached hydrogen (secondary N) is 2. The molecule has 8 heteroatoms. The van der Waals surface area contributed by atoms with Gasteiger partial charge in [0.25, 0.3) is 5.91 Å². The number of likely N-dealkylation sites (tertiary alicyclic amines) is 1. The molecule has 1 aromatic carbocycles. The number of carbonyl (C=O) groups is 4. The molecule has 0 radical (unpaired) electrons. The second-order valence-corrected chi connectivity index (χ2v) is 9.33. The Kier molecular flexibility index (Phi) is 13.0. The van der Waals surface area contributed by atoms with Crippen LogP contribution in [0, 0.1) is 0 Å². The van der Waals surface area contributed by atoms with E-state index >= 15 is 0 Å². The van der Waals surface area contributed by atoms with Gasteiger partial charge in [-0.05, 0) is 57.8 Å². The molecule has 1 atom stereocenters. The maximum absolute atomic E-state index is 13.4. The van der Waals surface area contributed by atoms with Crippen LogP contribution < -0.4 is 10.6 Å². The number of hydrogen-bond acceptors (Lipinski definition) is 6. The van der Waals surface area contributed by atoms with E-state index in [1.165, 1.54) is 70.1 Å². The molecule has 1 unspecified atom stereocenters. The van der Waals surface area contributed by atoms with Crippen molar-refractivity contribution in [3.05, 3.63) is 29.3 Å². The topological polar surface area (TPSA) is 98.8 Å². The highest BCUT2D eigenvalue weighted by Crippen LogP contribution is 2.23. The standard InChI is InChI=1S/C27H42N4O4/c1-3-13-24(26(34)29-21-33)30(2)27(35)25-22(20-32)14-12-15-23(25)28-16-8-5-4-6-9-17-31-18-10-7-11-19-31/h12,14-15,20-21,24,28H,3-11,13,16-19H2,1-2H3,(H,29,33,34). The molecule has 35 heavy (non-hydrogen) atoms. The number of hydrogen-bond donors (Lipinski definition) is 2. The zero-order valence-electron chi connectivity index (χ0n) is 21.4. The van der Waals surface area contributed by atoms with Crippen molar-refractivity contribution in [1.82, 2.24) is 15.1 Å². The van der Waals surface area contributed by atoms with Gasteiger partial charge in [0.1, 0.15) is 6.04 Å². The van der Waals surface area contributed by atoms with E-state index in [9.17, 15) is 19.2 Å². The highest BCUT2D eigenvalue weighted by Gasteiger charge is 2.29. The van der Waals surface area contributed by atoms with Crippen LogP contribution >= 0.6 is 0 Å². The molecule has 0 saturated carbocycles. The minimum absolute atomic E-state index is 0.256. The van der Waals surface area contributed by atoms with E-state index in [-0.39, 0.29) is 11.1 Å². The number of nitrogens with zero attached hydrogens (tertiary/aromatic N) is 2. The third-order valence-corrected chi connectivity index (χ3v) is 6.71. The predicted octanol–water partition coefficient (Wildman–Crippen LogP) is 3.86. The van der Waals surface area contributed by atoms with Crippen molar-refractivity contribution in [2.24, 2.45) is 0 Å². The first-order chi connectivity index (χ1) is 17.0. The normalized spacial score (nSPS) is 14.7. The number of unbranched alkanes of at least 4 members (excludes halogenated alkanes) is 4. The van der Waals surface area contributed by atoms with Crippen LogP contribution in [0.2, 0.25) is 0 Å². The van der Waals surface area contributed by atoms with Crippen molar-refractivity contribution < 1.29 is 19.2 Å². The Morgan fingerprint density at radius 3 is 2.46 bits per heavy atom. The van der Waals surface area contributed by atoms with Crippen molar-refractivity contribution >= 4 is 30.2 Å². The van der Waals surface area contributed by atoms with E-state index < -0.39 is 17.9 Å². The van der Waals surface area contributed by atoms with Gasteiger partial charge < -0.3 is 15.1 Å². The Morgan fingerprint density at radius 2 is 1.77 bits per heavy atom. The number of likely N-dealkylation sites (N-methyl/N-ethyl adjacent to an activating group) is 1. The van der Waals surface area contributed by atoms with Crippen LogP contribution in [0.15, 0.2) is 18.2 Å². The first-order valence-corrected chi connectivity index (χ1v) is 13.1. The van der Waals surface area contributed by atoms with Gasteiger partial charge in [0.15, 0.2) is 6.29 Å². The Morgan fingerprint density at radius 1 is 1.06 bits per heavy atom. The van der Waals surface area contributed by atoms with E-state index in [1.807, 2.05) is 6.92 Å². The fourth-order valence-corrected chi connectivity index (χ4v) is 4.70. The van der Waals surface area contributed by atoms with Crippen molar-refractivity contribution in [3.63, 3.8) is 0 Å². The van der Waals surface area contributed by atoms with E-state index in [4.69, 9.17) is 0 Å². The predicted molar refractivity (Wildman–Crippen MR) is 139 cm³/mol. The third-order valence-electron chi connectivity index (χ3n) is 6.71. The molecule has 8 nitrogen and oxygen atoms in total. The van der Waals surface area contributed by atoms with Crippen LogP contribution in [-0.4, -0.2) is 73.6 Å². The highest BCUT2D eigenvalue weighted by molar-refractivity contribution is 6.07. The van der Waals surface area contributed by atoms with Crippen LogP contribution in [0.4, 0.5) is 5.69 Å². The van der Waals surface area contributed by atoms with Crippen LogP contribution in [0.3, 0.4) is 0 Å². The second kappa shape index (κ2) is 16.0. The van der Waals surface area contributed by atoms with Crippen LogP contribution in [0.5, 0.6) is 0 Å². The summed E-state index contributed by atoms with van der Waals surface area (Å²) in [6.07, 6.45) is 11.8. The fourth-order valence-electron chi connectivity index (χ4n) is 4.70. The van der Waals surface area contributed by atoms with Crippen molar-refractivity contribution in [1.29, 1.82) is 0 Å². The number of rotatable bonds is 16. The van der Waals surface area contributed by atoms with Gasteiger partial charge in [0.2, 0.25) is 12.3 Å². The fraction of sp³-hybridized carbons (Fsp3) is 0.630. The lowest BCUT2D eigenvalue weighted by molar-refractivity contribution is -0.128. The van der Waals surface area contributed by atoms with E-state index in [0.29, 0.717) is 37.8 Å². The molecule has 0 aliphatic carbocycles. The minimum atomic E-state index is -0.796. The zero-order valence-corrected chi connectivity index (χ0v) is 21.4. The molecule has 1 aliphatic rings. The van der Waals surface area contributed by atoms with Gasteiger partial charge in [-0.15, -0.1) is 0 Å². The van der Waals surface area contributed by atoms with Gasteiger partial charge in [-0.1, -0.05) is 51.2 Å². The molecule has 1 saturated heterocycles. The highest BCUT2D eigenvalue weighted by atomic mass is 16.2. The number of imide groups is 1. The monoisotopic (exact) mass is 486 g/mol. The molecule has 3 amide bonds. The second-order valence-electron chi connectivity index (χ2n) is 9.33. The number of anilines is 1. The SMILES string of the molecule is CCCC(C(=O)NC=O)N(C)C(=O)c1c(C=O)cccc1NCCCCCCCN1CCCCC1. The maximum Gasteiger partial charge on any atom is 0.257 e. The molecule has 1 fully saturated rings. The molecule has 2 N–H and O–H groups in total. The summed E-state index contributed by atoms with van der Waals surface area (Å²) in [4.78, 5) is 52.0. The van der Waals surface area contributed by atoms with Crippen LogP contribution in [-0.2, 0) is 9.59 Å².